The Morgan fingerprint density at radius 3 is 1.06 bits per heavy atom. The minimum atomic E-state index is 0.148. The van der Waals surface area contributed by atoms with Gasteiger partial charge in [0.05, 0.1) is 0 Å². The molecule has 0 saturated heterocycles. The number of nitrogens with zero attached hydrogens (tertiary/aromatic N) is 1. The van der Waals surface area contributed by atoms with Gasteiger partial charge in [-0.25, -0.2) is 0 Å². The molecule has 47 heavy (non-hydrogen) atoms. The number of hydrogen-bond acceptors (Lipinski definition) is 3. The van der Waals surface area contributed by atoms with Crippen LogP contribution >= 0.6 is 0 Å². The van der Waals surface area contributed by atoms with Crippen LogP contribution < -0.4 is 0 Å². The summed E-state index contributed by atoms with van der Waals surface area (Å²) in [6.45, 7) is 12.7. The molecule has 0 fully saturated rings. The molecule has 0 rings (SSSR count). The fourth-order valence-corrected chi connectivity index (χ4v) is 5.72. The maximum Gasteiger partial charge on any atom is 0.293 e. The summed E-state index contributed by atoms with van der Waals surface area (Å²) in [6, 6.07) is 0. The zero-order valence-electron chi connectivity index (χ0n) is 33.6. The summed E-state index contributed by atoms with van der Waals surface area (Å²) in [6.07, 6.45) is 49.0. The molecule has 0 aromatic carbocycles. The SMILES string of the molecule is CC.CCCCC/C=C\CCCCCCCCCCC(CCCCCCCC/C=C\CCCCCCC)OC=O.CCCCN(C)C. The molecule has 0 saturated carbocycles. The van der Waals surface area contributed by atoms with E-state index in [1.165, 1.54) is 186 Å². The molecule has 282 valence electrons. The average Bonchev–Trinajstić information content (AvgIpc) is 3.08. The van der Waals surface area contributed by atoms with E-state index in [1.54, 1.807) is 0 Å². The minimum absolute atomic E-state index is 0.148. The van der Waals surface area contributed by atoms with Crippen LogP contribution in [0.15, 0.2) is 24.3 Å². The van der Waals surface area contributed by atoms with E-state index in [0.717, 1.165) is 12.8 Å². The number of rotatable bonds is 35. The van der Waals surface area contributed by atoms with E-state index in [2.05, 4.69) is 64.1 Å². The molecular weight excluding hydrogens is 574 g/mol. The molecule has 0 radical (unpaired) electrons. The van der Waals surface area contributed by atoms with Gasteiger partial charge in [-0.15, -0.1) is 0 Å². The quantitative estimate of drug-likeness (QED) is 0.0384. The van der Waals surface area contributed by atoms with Gasteiger partial charge >= 0.3 is 0 Å². The third-order valence-electron chi connectivity index (χ3n) is 8.78. The van der Waals surface area contributed by atoms with E-state index in [1.807, 2.05) is 13.8 Å². The van der Waals surface area contributed by atoms with Gasteiger partial charge in [0, 0.05) is 0 Å². The second-order valence-electron chi connectivity index (χ2n) is 13.8. The predicted molar refractivity (Wildman–Crippen MR) is 215 cm³/mol. The van der Waals surface area contributed by atoms with Crippen LogP contribution in [-0.4, -0.2) is 38.1 Å². The molecule has 0 aliphatic rings. The molecule has 0 heterocycles. The lowest BCUT2D eigenvalue weighted by Gasteiger charge is -2.15. The topological polar surface area (TPSA) is 29.5 Å². The molecule has 1 unspecified atom stereocenters. The number of unbranched alkanes of at least 4 members (excludes halogenated alkanes) is 23. The number of allylic oxidation sites excluding steroid dienone is 4. The van der Waals surface area contributed by atoms with Crippen LogP contribution in [0.1, 0.15) is 227 Å². The van der Waals surface area contributed by atoms with Gasteiger partial charge in [-0.1, -0.05) is 168 Å². The Balaban J connectivity index is -0.00000188. The number of carbonyl (C=O) groups excluding carboxylic acids is 1. The first-order valence-corrected chi connectivity index (χ1v) is 21.2. The van der Waals surface area contributed by atoms with Crippen molar-refractivity contribution < 1.29 is 9.53 Å². The summed E-state index contributed by atoms with van der Waals surface area (Å²) in [4.78, 5) is 13.1. The highest BCUT2D eigenvalue weighted by molar-refractivity contribution is 5.37. The van der Waals surface area contributed by atoms with Crippen molar-refractivity contribution in [3.8, 4) is 0 Å². The van der Waals surface area contributed by atoms with E-state index in [9.17, 15) is 4.79 Å². The van der Waals surface area contributed by atoms with E-state index < -0.39 is 0 Å². The summed E-state index contributed by atoms with van der Waals surface area (Å²) in [5, 5.41) is 0. The highest BCUT2D eigenvalue weighted by Crippen LogP contribution is 2.17. The molecular formula is C44H89NO2. The highest BCUT2D eigenvalue weighted by Gasteiger charge is 2.08. The molecule has 0 bridgehead atoms. The van der Waals surface area contributed by atoms with Gasteiger partial charge in [0.1, 0.15) is 6.10 Å². The molecule has 0 spiro atoms. The molecule has 0 aliphatic heterocycles. The van der Waals surface area contributed by atoms with Crippen molar-refractivity contribution in [3.63, 3.8) is 0 Å². The first kappa shape index (κ1) is 50.3. The Labute approximate surface area is 298 Å². The third-order valence-corrected chi connectivity index (χ3v) is 8.78. The van der Waals surface area contributed by atoms with Gasteiger partial charge < -0.3 is 9.64 Å². The van der Waals surface area contributed by atoms with Gasteiger partial charge in [0.15, 0.2) is 0 Å². The lowest BCUT2D eigenvalue weighted by Crippen LogP contribution is -2.12. The normalized spacial score (nSPS) is 11.8. The number of carbonyl (C=O) groups is 1. The Bertz CT molecular complexity index is 585. The van der Waals surface area contributed by atoms with Crippen LogP contribution in [0.5, 0.6) is 0 Å². The fraction of sp³-hybridized carbons (Fsp3) is 0.886. The van der Waals surface area contributed by atoms with E-state index in [0.29, 0.717) is 6.47 Å². The van der Waals surface area contributed by atoms with E-state index in [-0.39, 0.29) is 6.10 Å². The Morgan fingerprint density at radius 1 is 0.447 bits per heavy atom. The molecule has 0 aromatic heterocycles. The second-order valence-corrected chi connectivity index (χ2v) is 13.8. The van der Waals surface area contributed by atoms with Crippen molar-refractivity contribution >= 4 is 6.47 Å². The first-order valence-electron chi connectivity index (χ1n) is 21.2. The standard InChI is InChI=1S/C36H68O2.C6H15N.C2H6/c1-3-5-7-9-11-13-15-17-19-21-23-25-27-29-31-33-36(38-35-37)34-32-30-28-26-24-22-20-18-16-14-12-10-8-6-4-2;1-4-5-6-7(2)3;1-2/h11,13,16,18,35-36H,3-10,12,14-15,17,19-34H2,1-2H3;4-6H2,1-3H3;1-2H3/b13-11-,18-16-;;. The molecule has 0 N–H and O–H groups in total. The molecule has 1 atom stereocenters. The molecule has 3 nitrogen and oxygen atoms in total. The van der Waals surface area contributed by atoms with Crippen molar-refractivity contribution in [2.75, 3.05) is 20.6 Å². The first-order chi connectivity index (χ1) is 23.1. The fourth-order valence-electron chi connectivity index (χ4n) is 5.72. The average molecular weight is 664 g/mol. The maximum absolute atomic E-state index is 10.9. The van der Waals surface area contributed by atoms with Crippen LogP contribution in [0.3, 0.4) is 0 Å². The van der Waals surface area contributed by atoms with Gasteiger partial charge in [0.2, 0.25) is 0 Å². The summed E-state index contributed by atoms with van der Waals surface area (Å²) >= 11 is 0. The zero-order valence-corrected chi connectivity index (χ0v) is 33.6. The molecule has 3 heteroatoms. The predicted octanol–water partition coefficient (Wildman–Crippen LogP) is 15.0. The summed E-state index contributed by atoms with van der Waals surface area (Å²) in [5.41, 5.74) is 0. The smallest absolute Gasteiger partial charge is 0.293 e. The minimum Gasteiger partial charge on any atom is -0.465 e. The van der Waals surface area contributed by atoms with E-state index >= 15 is 0 Å². The van der Waals surface area contributed by atoms with Crippen molar-refractivity contribution in [1.29, 1.82) is 0 Å². The number of ether oxygens (including phenoxy) is 1. The Kier molecular flexibility index (Phi) is 52.7. The lowest BCUT2D eigenvalue weighted by atomic mass is 10.0. The summed E-state index contributed by atoms with van der Waals surface area (Å²) < 4.78 is 5.39. The van der Waals surface area contributed by atoms with Crippen LogP contribution in [-0.2, 0) is 9.53 Å². The lowest BCUT2D eigenvalue weighted by molar-refractivity contribution is -0.134. The van der Waals surface area contributed by atoms with Gasteiger partial charge in [-0.2, -0.15) is 0 Å². The molecule has 0 aromatic rings. The largest absolute Gasteiger partial charge is 0.465 e. The summed E-state index contributed by atoms with van der Waals surface area (Å²) in [7, 11) is 4.21. The summed E-state index contributed by atoms with van der Waals surface area (Å²) in [5.74, 6) is 0. The van der Waals surface area contributed by atoms with E-state index in [4.69, 9.17) is 4.74 Å². The molecule has 0 aliphatic carbocycles. The van der Waals surface area contributed by atoms with Crippen molar-refractivity contribution in [1.82, 2.24) is 4.90 Å². The van der Waals surface area contributed by atoms with Crippen molar-refractivity contribution in [2.24, 2.45) is 0 Å². The van der Waals surface area contributed by atoms with Crippen LogP contribution in [0.25, 0.3) is 0 Å². The third kappa shape index (κ3) is 51.9. The maximum atomic E-state index is 10.9. The monoisotopic (exact) mass is 664 g/mol. The van der Waals surface area contributed by atoms with Crippen molar-refractivity contribution in [2.45, 2.75) is 233 Å². The number of hydrogen-bond donors (Lipinski definition) is 0. The highest BCUT2D eigenvalue weighted by atomic mass is 16.5. The van der Waals surface area contributed by atoms with Crippen LogP contribution in [0.4, 0.5) is 0 Å². The Hall–Kier alpha value is -1.09. The van der Waals surface area contributed by atoms with Gasteiger partial charge in [0.25, 0.3) is 6.47 Å². The van der Waals surface area contributed by atoms with Crippen LogP contribution in [0, 0.1) is 0 Å². The zero-order chi connectivity index (χ0) is 35.3. The van der Waals surface area contributed by atoms with Gasteiger partial charge in [-0.3, -0.25) is 4.79 Å². The van der Waals surface area contributed by atoms with Gasteiger partial charge in [-0.05, 0) is 104 Å². The second kappa shape index (κ2) is 49.3. The Morgan fingerprint density at radius 2 is 0.745 bits per heavy atom. The van der Waals surface area contributed by atoms with Crippen LogP contribution in [0.2, 0.25) is 0 Å². The van der Waals surface area contributed by atoms with Crippen molar-refractivity contribution in [3.05, 3.63) is 24.3 Å². The molecule has 0 amide bonds.